The number of ether oxygens (including phenoxy) is 1. The van der Waals surface area contributed by atoms with Gasteiger partial charge in [-0.05, 0) is 0 Å². The predicted molar refractivity (Wildman–Crippen MR) is 59.1 cm³/mol. The lowest BCUT2D eigenvalue weighted by Crippen LogP contribution is -2.39. The summed E-state index contributed by atoms with van der Waals surface area (Å²) in [5.41, 5.74) is -2.03. The fraction of sp³-hybridized carbons (Fsp3) is 0.600. The molecule has 0 spiro atoms. The van der Waals surface area contributed by atoms with E-state index in [1.165, 1.54) is 0 Å². The number of nitrogens with one attached hydrogen (secondary N) is 1. The van der Waals surface area contributed by atoms with Crippen LogP contribution in [0.5, 0.6) is 0 Å². The van der Waals surface area contributed by atoms with E-state index >= 15 is 0 Å². The molecule has 1 aliphatic heterocycles. The highest BCUT2D eigenvalue weighted by Gasteiger charge is 2.44. The summed E-state index contributed by atoms with van der Waals surface area (Å²) < 4.78 is 18.7. The summed E-state index contributed by atoms with van der Waals surface area (Å²) in [5, 5.41) is 28.3. The summed E-state index contributed by atoms with van der Waals surface area (Å²) in [6.45, 7) is -1.69. The van der Waals surface area contributed by atoms with Crippen LogP contribution < -0.4 is 11.2 Å². The number of rotatable bonds is 3. The topological polar surface area (TPSA) is 125 Å². The lowest BCUT2D eigenvalue weighted by Gasteiger charge is -2.19. The van der Waals surface area contributed by atoms with Crippen LogP contribution in [0.3, 0.4) is 0 Å². The molecule has 1 aromatic heterocycles. The molecule has 0 saturated carbocycles. The predicted octanol–water partition coefficient (Wildman–Crippen LogP) is -2.38. The van der Waals surface area contributed by atoms with E-state index in [0.717, 1.165) is 6.07 Å². The number of halogens is 1. The number of hydrogen-bond donors (Lipinski definition) is 4. The Morgan fingerprint density at radius 1 is 1.37 bits per heavy atom. The number of aromatic amines is 1. The van der Waals surface area contributed by atoms with Gasteiger partial charge >= 0.3 is 5.69 Å². The Bertz CT molecular complexity index is 570. The zero-order valence-corrected chi connectivity index (χ0v) is 9.69. The van der Waals surface area contributed by atoms with E-state index in [4.69, 9.17) is 9.84 Å². The summed E-state index contributed by atoms with van der Waals surface area (Å²) in [4.78, 5) is 24.6. The van der Waals surface area contributed by atoms with E-state index in [9.17, 15) is 24.2 Å². The third-order valence-electron chi connectivity index (χ3n) is 2.96. The Balaban J connectivity index is 2.48. The maximum atomic E-state index is 12.8. The second kappa shape index (κ2) is 5.21. The Morgan fingerprint density at radius 2 is 2.05 bits per heavy atom. The van der Waals surface area contributed by atoms with Crippen LogP contribution in [0.25, 0.3) is 0 Å². The number of hydrogen-bond acceptors (Lipinski definition) is 6. The quantitative estimate of drug-likeness (QED) is 0.488. The summed E-state index contributed by atoms with van der Waals surface area (Å²) in [6.07, 6.45) is -5.40. The SMILES string of the molecule is O=c1cc(CF)n([C@@H]2O[C@H](CO)[C@@H](O)[C@H]2O)c(=O)[nH]1. The molecule has 0 aromatic carbocycles. The highest BCUT2D eigenvalue weighted by molar-refractivity contribution is 5.03. The third-order valence-corrected chi connectivity index (χ3v) is 2.96. The van der Waals surface area contributed by atoms with Crippen molar-refractivity contribution in [3.63, 3.8) is 0 Å². The first-order chi connectivity index (χ1) is 8.99. The Hall–Kier alpha value is -1.55. The molecule has 0 aliphatic carbocycles. The van der Waals surface area contributed by atoms with Crippen LogP contribution in [0.1, 0.15) is 11.9 Å². The normalized spacial score (nSPS) is 30.7. The molecule has 0 bridgehead atoms. The second-order valence-electron chi connectivity index (χ2n) is 4.16. The van der Waals surface area contributed by atoms with Crippen LogP contribution in [0.2, 0.25) is 0 Å². The van der Waals surface area contributed by atoms with Crippen molar-refractivity contribution in [1.82, 2.24) is 9.55 Å². The number of nitrogens with zero attached hydrogens (tertiary/aromatic N) is 1. The molecule has 9 heteroatoms. The maximum absolute atomic E-state index is 12.8. The highest BCUT2D eigenvalue weighted by atomic mass is 19.1. The Kier molecular flexibility index (Phi) is 3.80. The van der Waals surface area contributed by atoms with Crippen LogP contribution in [-0.2, 0) is 11.4 Å². The first-order valence-electron chi connectivity index (χ1n) is 5.52. The minimum atomic E-state index is -1.52. The van der Waals surface area contributed by atoms with Crippen LogP contribution >= 0.6 is 0 Å². The number of aliphatic hydroxyl groups excluding tert-OH is 3. The van der Waals surface area contributed by atoms with Crippen molar-refractivity contribution in [2.45, 2.75) is 31.2 Å². The van der Waals surface area contributed by atoms with Gasteiger partial charge in [0.15, 0.2) is 6.23 Å². The molecule has 8 nitrogen and oxygen atoms in total. The molecule has 1 saturated heterocycles. The van der Waals surface area contributed by atoms with Crippen molar-refractivity contribution < 1.29 is 24.4 Å². The fourth-order valence-corrected chi connectivity index (χ4v) is 2.03. The molecule has 4 atom stereocenters. The average molecular weight is 276 g/mol. The molecular formula is C10H13FN2O6. The Labute approximate surface area is 105 Å². The minimum Gasteiger partial charge on any atom is -0.394 e. The van der Waals surface area contributed by atoms with E-state index in [-0.39, 0.29) is 5.69 Å². The van der Waals surface area contributed by atoms with Gasteiger partial charge in [-0.15, -0.1) is 0 Å². The number of aromatic nitrogens is 2. The van der Waals surface area contributed by atoms with E-state index in [1.54, 1.807) is 0 Å². The summed E-state index contributed by atoms with van der Waals surface area (Å²) in [7, 11) is 0. The van der Waals surface area contributed by atoms with Gasteiger partial charge in [-0.1, -0.05) is 0 Å². The van der Waals surface area contributed by atoms with Crippen LogP contribution in [0.4, 0.5) is 4.39 Å². The summed E-state index contributed by atoms with van der Waals surface area (Å²) >= 11 is 0. The molecule has 0 unspecified atom stereocenters. The van der Waals surface area contributed by atoms with Gasteiger partial charge in [0.25, 0.3) is 5.56 Å². The van der Waals surface area contributed by atoms with Gasteiger partial charge in [0.1, 0.15) is 25.0 Å². The van der Waals surface area contributed by atoms with Crippen LogP contribution in [0, 0.1) is 0 Å². The zero-order chi connectivity index (χ0) is 14.2. The molecule has 1 aliphatic rings. The summed E-state index contributed by atoms with van der Waals surface area (Å²) in [6, 6.07) is 0.857. The van der Waals surface area contributed by atoms with E-state index in [0.29, 0.717) is 4.57 Å². The molecule has 2 heterocycles. The van der Waals surface area contributed by atoms with Crippen molar-refractivity contribution in [1.29, 1.82) is 0 Å². The van der Waals surface area contributed by atoms with Crippen molar-refractivity contribution in [3.05, 3.63) is 32.6 Å². The van der Waals surface area contributed by atoms with Crippen LogP contribution in [-0.4, -0.2) is 49.8 Å². The molecular weight excluding hydrogens is 263 g/mol. The van der Waals surface area contributed by atoms with Crippen molar-refractivity contribution in [2.75, 3.05) is 6.61 Å². The van der Waals surface area contributed by atoms with Gasteiger partial charge < -0.3 is 20.1 Å². The third kappa shape index (κ3) is 2.32. The van der Waals surface area contributed by atoms with E-state index in [1.807, 2.05) is 4.98 Å². The highest BCUT2D eigenvalue weighted by Crippen LogP contribution is 2.28. The van der Waals surface area contributed by atoms with Gasteiger partial charge in [-0.25, -0.2) is 9.18 Å². The zero-order valence-electron chi connectivity index (χ0n) is 9.69. The van der Waals surface area contributed by atoms with E-state index < -0.39 is 49.1 Å². The Morgan fingerprint density at radius 3 is 2.58 bits per heavy atom. The molecule has 2 rings (SSSR count). The lowest BCUT2D eigenvalue weighted by atomic mass is 10.1. The lowest BCUT2D eigenvalue weighted by molar-refractivity contribution is -0.0568. The molecule has 1 fully saturated rings. The van der Waals surface area contributed by atoms with Crippen molar-refractivity contribution in [2.24, 2.45) is 0 Å². The first-order valence-corrected chi connectivity index (χ1v) is 5.52. The molecule has 4 N–H and O–H groups in total. The largest absolute Gasteiger partial charge is 0.394 e. The molecule has 19 heavy (non-hydrogen) atoms. The van der Waals surface area contributed by atoms with Crippen LogP contribution in [0.15, 0.2) is 15.7 Å². The van der Waals surface area contributed by atoms with Gasteiger partial charge in [-0.3, -0.25) is 14.3 Å². The molecule has 0 amide bonds. The number of alkyl halides is 1. The van der Waals surface area contributed by atoms with Gasteiger partial charge in [0.05, 0.1) is 12.3 Å². The maximum Gasteiger partial charge on any atom is 0.330 e. The molecule has 106 valence electrons. The van der Waals surface area contributed by atoms with Crippen molar-refractivity contribution >= 4 is 0 Å². The standard InChI is InChI=1S/C10H13FN2O6/c11-2-4-1-6(15)12-10(18)13(4)9-8(17)7(16)5(3-14)19-9/h1,5,7-9,14,16-17H,2-3H2,(H,12,15,18)/t5-,7-,8-,9-/m1/s1. The minimum absolute atomic E-state index is 0.288. The first kappa shape index (κ1) is 13.9. The van der Waals surface area contributed by atoms with E-state index in [2.05, 4.69) is 0 Å². The smallest absolute Gasteiger partial charge is 0.330 e. The van der Waals surface area contributed by atoms with Gasteiger partial charge in [0, 0.05) is 6.07 Å². The molecule has 1 aromatic rings. The monoisotopic (exact) mass is 276 g/mol. The van der Waals surface area contributed by atoms with Gasteiger partial charge in [-0.2, -0.15) is 0 Å². The number of aliphatic hydroxyl groups is 3. The summed E-state index contributed by atoms with van der Waals surface area (Å²) in [5.74, 6) is 0. The average Bonchev–Trinajstić information content (AvgIpc) is 2.65. The van der Waals surface area contributed by atoms with Crippen molar-refractivity contribution in [3.8, 4) is 0 Å². The fourth-order valence-electron chi connectivity index (χ4n) is 2.03. The van der Waals surface area contributed by atoms with Gasteiger partial charge in [0.2, 0.25) is 0 Å². The number of H-pyrrole nitrogens is 1. The second-order valence-corrected chi connectivity index (χ2v) is 4.16. The molecule has 0 radical (unpaired) electrons.